The van der Waals surface area contributed by atoms with E-state index in [1.807, 2.05) is 66.1 Å². The Labute approximate surface area is 247 Å². The van der Waals surface area contributed by atoms with E-state index in [1.165, 1.54) is 0 Å². The number of nitrogens with zero attached hydrogens (tertiary/aromatic N) is 5. The fourth-order valence-corrected chi connectivity index (χ4v) is 6.65. The average molecular weight is 572 g/mol. The van der Waals surface area contributed by atoms with E-state index in [1.54, 1.807) is 10.9 Å². The lowest BCUT2D eigenvalue weighted by Gasteiger charge is -2.42. The Kier molecular flexibility index (Phi) is 8.29. The highest BCUT2D eigenvalue weighted by atomic mass is 16.5. The number of pyridine rings is 1. The van der Waals surface area contributed by atoms with Crippen LogP contribution in [0.15, 0.2) is 48.7 Å². The summed E-state index contributed by atoms with van der Waals surface area (Å²) in [5.74, 6) is 1.50. The van der Waals surface area contributed by atoms with Crippen molar-refractivity contribution in [3.05, 3.63) is 71.2 Å². The SMILES string of the molecule is Cc1cc(C)n(-c2ccc(C(=O)N3CCC4(CCCCOC[C@@H]5CCCN5C(=O)c5cccc(c5)OC4)CC3)cn2)n1. The highest BCUT2D eigenvalue weighted by Gasteiger charge is 2.37. The smallest absolute Gasteiger partial charge is 0.255 e. The maximum atomic E-state index is 13.4. The van der Waals surface area contributed by atoms with E-state index in [0.717, 1.165) is 68.6 Å². The number of likely N-dealkylation sites (tertiary alicyclic amines) is 1. The van der Waals surface area contributed by atoms with Crippen LogP contribution in [0.4, 0.5) is 0 Å². The average Bonchev–Trinajstić information content (AvgIpc) is 3.62. The van der Waals surface area contributed by atoms with E-state index >= 15 is 0 Å². The number of carbonyl (C=O) groups excluding carboxylic acids is 2. The van der Waals surface area contributed by atoms with Crippen molar-refractivity contribution in [1.82, 2.24) is 24.6 Å². The van der Waals surface area contributed by atoms with E-state index in [9.17, 15) is 9.59 Å². The molecule has 0 radical (unpaired) electrons. The Morgan fingerprint density at radius 2 is 1.86 bits per heavy atom. The predicted octanol–water partition coefficient (Wildman–Crippen LogP) is 4.99. The lowest BCUT2D eigenvalue weighted by Crippen LogP contribution is -2.45. The number of aryl methyl sites for hydroxylation is 2. The van der Waals surface area contributed by atoms with Crippen molar-refractivity contribution < 1.29 is 19.1 Å². The number of piperidine rings is 1. The van der Waals surface area contributed by atoms with Crippen molar-refractivity contribution >= 4 is 11.8 Å². The molecule has 222 valence electrons. The molecule has 3 aliphatic heterocycles. The number of rotatable bonds is 2. The van der Waals surface area contributed by atoms with Gasteiger partial charge in [0.1, 0.15) is 5.75 Å². The Balaban J connectivity index is 1.12. The molecule has 2 aromatic heterocycles. The third-order valence-corrected chi connectivity index (χ3v) is 9.15. The van der Waals surface area contributed by atoms with Crippen molar-refractivity contribution in [1.29, 1.82) is 0 Å². The predicted molar refractivity (Wildman–Crippen MR) is 159 cm³/mol. The van der Waals surface area contributed by atoms with E-state index < -0.39 is 0 Å². The van der Waals surface area contributed by atoms with Crippen LogP contribution in [-0.4, -0.2) is 81.9 Å². The summed E-state index contributed by atoms with van der Waals surface area (Å²) in [5, 5.41) is 4.49. The zero-order valence-electron chi connectivity index (χ0n) is 24.8. The lowest BCUT2D eigenvalue weighted by molar-refractivity contribution is 0.0332. The van der Waals surface area contributed by atoms with E-state index in [-0.39, 0.29) is 23.3 Å². The monoisotopic (exact) mass is 571 g/mol. The molecule has 2 amide bonds. The number of hydrogen-bond donors (Lipinski definition) is 0. The van der Waals surface area contributed by atoms with Crippen LogP contribution in [0.25, 0.3) is 5.82 Å². The van der Waals surface area contributed by atoms with Crippen molar-refractivity contribution in [3.63, 3.8) is 0 Å². The summed E-state index contributed by atoms with van der Waals surface area (Å²) in [5.41, 5.74) is 3.17. The fraction of sp³-hybridized carbons (Fsp3) is 0.515. The number of benzene rings is 1. The first-order valence-corrected chi connectivity index (χ1v) is 15.3. The van der Waals surface area contributed by atoms with Gasteiger partial charge in [-0.1, -0.05) is 12.5 Å². The summed E-state index contributed by atoms with van der Waals surface area (Å²) in [6, 6.07) is 13.5. The largest absolute Gasteiger partial charge is 0.493 e. The molecule has 0 aliphatic carbocycles. The van der Waals surface area contributed by atoms with Gasteiger partial charge in [0.25, 0.3) is 11.8 Å². The second-order valence-corrected chi connectivity index (χ2v) is 12.2. The molecule has 1 atom stereocenters. The number of fused-ring (bicyclic) bond motifs is 3. The Hall–Kier alpha value is -3.72. The van der Waals surface area contributed by atoms with Crippen molar-refractivity contribution in [3.8, 4) is 11.6 Å². The molecule has 0 saturated carbocycles. The van der Waals surface area contributed by atoms with E-state index in [2.05, 4.69) is 10.1 Å². The van der Waals surface area contributed by atoms with Crippen LogP contribution in [0.2, 0.25) is 0 Å². The second kappa shape index (κ2) is 12.3. The van der Waals surface area contributed by atoms with Crippen LogP contribution in [0.1, 0.15) is 77.0 Å². The van der Waals surface area contributed by atoms with Crippen molar-refractivity contribution in [2.45, 2.75) is 64.8 Å². The molecule has 1 spiro atoms. The molecular formula is C33H41N5O4. The van der Waals surface area contributed by atoms with Gasteiger partial charge in [-0.25, -0.2) is 9.67 Å². The number of ether oxygens (including phenoxy) is 2. The maximum Gasteiger partial charge on any atom is 0.255 e. The fourth-order valence-electron chi connectivity index (χ4n) is 6.65. The molecule has 6 rings (SSSR count). The first-order valence-electron chi connectivity index (χ1n) is 15.3. The normalized spacial score (nSPS) is 21.4. The molecule has 9 heteroatoms. The maximum absolute atomic E-state index is 13.4. The minimum atomic E-state index is -0.0332. The number of hydrogen-bond acceptors (Lipinski definition) is 6. The van der Waals surface area contributed by atoms with Gasteiger partial charge in [-0.2, -0.15) is 5.10 Å². The summed E-state index contributed by atoms with van der Waals surface area (Å²) < 4.78 is 14.2. The first-order chi connectivity index (χ1) is 20.4. The molecule has 2 fully saturated rings. The van der Waals surface area contributed by atoms with Gasteiger partial charge < -0.3 is 19.3 Å². The van der Waals surface area contributed by atoms with Gasteiger partial charge >= 0.3 is 0 Å². The lowest BCUT2D eigenvalue weighted by atomic mass is 9.75. The molecule has 9 nitrogen and oxygen atoms in total. The Bertz CT molecular complexity index is 1410. The topological polar surface area (TPSA) is 89.8 Å². The molecule has 42 heavy (non-hydrogen) atoms. The number of aromatic nitrogens is 3. The first kappa shape index (κ1) is 28.4. The van der Waals surface area contributed by atoms with E-state index in [0.29, 0.717) is 49.9 Å². The molecule has 2 saturated heterocycles. The van der Waals surface area contributed by atoms with Crippen LogP contribution in [0.5, 0.6) is 5.75 Å². The molecular weight excluding hydrogens is 530 g/mol. The minimum absolute atomic E-state index is 0.00971. The molecule has 3 aromatic rings. The molecule has 1 aromatic carbocycles. The number of carbonyl (C=O) groups is 2. The van der Waals surface area contributed by atoms with Gasteiger partial charge in [0.15, 0.2) is 5.82 Å². The zero-order valence-corrected chi connectivity index (χ0v) is 24.8. The summed E-state index contributed by atoms with van der Waals surface area (Å²) in [7, 11) is 0. The molecule has 5 heterocycles. The van der Waals surface area contributed by atoms with Gasteiger partial charge in [0, 0.05) is 49.1 Å². The third kappa shape index (κ3) is 6.07. The molecule has 0 N–H and O–H groups in total. The summed E-state index contributed by atoms with van der Waals surface area (Å²) in [4.78, 5) is 35.2. The Morgan fingerprint density at radius 1 is 1.00 bits per heavy atom. The third-order valence-electron chi connectivity index (χ3n) is 9.15. The summed E-state index contributed by atoms with van der Waals surface area (Å²) in [6.07, 6.45) is 8.44. The quantitative estimate of drug-likeness (QED) is 0.431. The van der Waals surface area contributed by atoms with Gasteiger partial charge in [-0.05, 0) is 88.8 Å². The number of amides is 2. The van der Waals surface area contributed by atoms with Crippen molar-refractivity contribution in [2.24, 2.45) is 5.41 Å². The Morgan fingerprint density at radius 3 is 2.62 bits per heavy atom. The van der Waals surface area contributed by atoms with Crippen LogP contribution < -0.4 is 4.74 Å². The van der Waals surface area contributed by atoms with Gasteiger partial charge in [0.2, 0.25) is 0 Å². The summed E-state index contributed by atoms with van der Waals surface area (Å²) >= 11 is 0. The van der Waals surface area contributed by atoms with Crippen LogP contribution in [0, 0.1) is 19.3 Å². The van der Waals surface area contributed by atoms with Crippen molar-refractivity contribution in [2.75, 3.05) is 39.5 Å². The molecule has 2 bridgehead atoms. The van der Waals surface area contributed by atoms with E-state index in [4.69, 9.17) is 9.47 Å². The van der Waals surface area contributed by atoms with Gasteiger partial charge in [-0.15, -0.1) is 0 Å². The minimum Gasteiger partial charge on any atom is -0.493 e. The zero-order chi connectivity index (χ0) is 29.1. The summed E-state index contributed by atoms with van der Waals surface area (Å²) in [6.45, 7) is 7.94. The second-order valence-electron chi connectivity index (χ2n) is 12.2. The van der Waals surface area contributed by atoms with Gasteiger partial charge in [0.05, 0.1) is 30.5 Å². The molecule has 3 aliphatic rings. The molecule has 0 unspecified atom stereocenters. The highest BCUT2D eigenvalue weighted by molar-refractivity contribution is 5.95. The van der Waals surface area contributed by atoms with Crippen LogP contribution >= 0.6 is 0 Å². The van der Waals surface area contributed by atoms with Crippen LogP contribution in [0.3, 0.4) is 0 Å². The standard InChI is InChI=1S/C33H41N5O4/c1-24-19-25(2)38(35-24)30-11-10-27(21-34-30)31(39)36-16-13-33(14-17-36)12-3-4-18-41-22-28-8-6-15-37(28)32(40)26-7-5-9-29(20-26)42-23-33/h5,7,9-11,19-21,28H,3-4,6,8,12-18,22-23H2,1-2H3/t28-/m0/s1. The van der Waals surface area contributed by atoms with Gasteiger partial charge in [-0.3, -0.25) is 9.59 Å². The van der Waals surface area contributed by atoms with Crippen LogP contribution in [-0.2, 0) is 4.74 Å². The highest BCUT2D eigenvalue weighted by Crippen LogP contribution is 2.38.